The van der Waals surface area contributed by atoms with Gasteiger partial charge in [0.1, 0.15) is 5.76 Å². The molecule has 0 radical (unpaired) electrons. The first-order valence-corrected chi connectivity index (χ1v) is 8.17. The number of hydrogen-bond acceptors (Lipinski definition) is 4. The number of nitrogens with one attached hydrogen (secondary N) is 1. The number of aromatic nitrogens is 1. The Kier molecular flexibility index (Phi) is 5.12. The van der Waals surface area contributed by atoms with E-state index in [0.29, 0.717) is 17.1 Å². The minimum absolute atomic E-state index is 0.0782. The van der Waals surface area contributed by atoms with Crippen molar-refractivity contribution in [3.05, 3.63) is 72.0 Å². The number of likely N-dealkylation sites (N-methyl/N-ethyl adjacent to an activating group) is 1. The van der Waals surface area contributed by atoms with Crippen molar-refractivity contribution in [2.75, 3.05) is 18.9 Å². The zero-order valence-electron chi connectivity index (χ0n) is 14.6. The van der Waals surface area contributed by atoms with Gasteiger partial charge in [-0.05, 0) is 30.2 Å². The second-order valence-electron chi connectivity index (χ2n) is 5.98. The molecule has 3 aromatic rings. The largest absolute Gasteiger partial charge is 0.360 e. The zero-order chi connectivity index (χ0) is 18.5. The van der Waals surface area contributed by atoms with Crippen LogP contribution in [0.25, 0.3) is 11.1 Å². The summed E-state index contributed by atoms with van der Waals surface area (Å²) in [5, 5.41) is 6.29. The zero-order valence-corrected chi connectivity index (χ0v) is 14.6. The monoisotopic (exact) mass is 349 g/mol. The van der Waals surface area contributed by atoms with E-state index < -0.39 is 0 Å². The fourth-order valence-electron chi connectivity index (χ4n) is 2.55. The number of nitrogens with zero attached hydrogens (tertiary/aromatic N) is 2. The van der Waals surface area contributed by atoms with Crippen molar-refractivity contribution in [2.45, 2.75) is 6.92 Å². The van der Waals surface area contributed by atoms with Gasteiger partial charge < -0.3 is 14.7 Å². The Morgan fingerprint density at radius 3 is 2.31 bits per heavy atom. The maximum absolute atomic E-state index is 12.5. The minimum atomic E-state index is -0.338. The minimum Gasteiger partial charge on any atom is -0.360 e. The number of carbonyl (C=O) groups excluding carboxylic acids is 2. The number of rotatable bonds is 5. The summed E-state index contributed by atoms with van der Waals surface area (Å²) in [5.74, 6) is 0.370. The maximum atomic E-state index is 12.5. The van der Waals surface area contributed by atoms with Crippen LogP contribution in [0.15, 0.2) is 65.2 Å². The van der Waals surface area contributed by atoms with Crippen LogP contribution < -0.4 is 5.32 Å². The average Bonchev–Trinajstić information content (AvgIpc) is 3.06. The molecular formula is C20H19N3O3. The van der Waals surface area contributed by atoms with Gasteiger partial charge >= 0.3 is 0 Å². The molecule has 0 bridgehead atoms. The molecule has 1 aromatic heterocycles. The highest BCUT2D eigenvalue weighted by Crippen LogP contribution is 2.19. The first-order chi connectivity index (χ1) is 12.5. The van der Waals surface area contributed by atoms with Crippen LogP contribution in [0.3, 0.4) is 0 Å². The second kappa shape index (κ2) is 7.65. The third-order valence-electron chi connectivity index (χ3n) is 3.86. The summed E-state index contributed by atoms with van der Waals surface area (Å²) in [5.41, 5.74) is 2.64. The van der Waals surface area contributed by atoms with Crippen LogP contribution in [-0.4, -0.2) is 35.5 Å². The predicted octanol–water partition coefficient (Wildman–Crippen LogP) is 3.36. The van der Waals surface area contributed by atoms with E-state index in [1.165, 1.54) is 4.90 Å². The second-order valence-corrected chi connectivity index (χ2v) is 5.98. The Bertz CT molecular complexity index is 902. The van der Waals surface area contributed by atoms with Gasteiger partial charge in [0.2, 0.25) is 5.91 Å². The normalized spacial score (nSPS) is 10.4. The van der Waals surface area contributed by atoms with Crippen LogP contribution in [0, 0.1) is 6.92 Å². The lowest BCUT2D eigenvalue weighted by Crippen LogP contribution is -2.34. The van der Waals surface area contributed by atoms with Crippen molar-refractivity contribution in [2.24, 2.45) is 0 Å². The Balaban J connectivity index is 1.62. The summed E-state index contributed by atoms with van der Waals surface area (Å²) in [6.07, 6.45) is 0. The standard InChI is InChI=1S/C20H19N3O3/c1-14-12-18(22-26-14)21-19(24)13-23(2)20(25)17-10-8-16(9-11-17)15-6-4-3-5-7-15/h3-12H,13H2,1-2H3,(H,21,22,24). The van der Waals surface area contributed by atoms with Crippen molar-refractivity contribution in [3.63, 3.8) is 0 Å². The van der Waals surface area contributed by atoms with Crippen LogP contribution in [0.5, 0.6) is 0 Å². The molecule has 0 unspecified atom stereocenters. The third-order valence-corrected chi connectivity index (χ3v) is 3.86. The van der Waals surface area contributed by atoms with E-state index in [1.807, 2.05) is 42.5 Å². The third kappa shape index (κ3) is 4.16. The van der Waals surface area contributed by atoms with Crippen LogP contribution in [-0.2, 0) is 4.79 Å². The van der Waals surface area contributed by atoms with Gasteiger partial charge in [-0.15, -0.1) is 0 Å². The fraction of sp³-hybridized carbons (Fsp3) is 0.150. The highest BCUT2D eigenvalue weighted by Gasteiger charge is 2.16. The van der Waals surface area contributed by atoms with Gasteiger partial charge in [0.25, 0.3) is 5.91 Å². The summed E-state index contributed by atoms with van der Waals surface area (Å²) in [7, 11) is 1.58. The summed E-state index contributed by atoms with van der Waals surface area (Å²) in [4.78, 5) is 25.9. The summed E-state index contributed by atoms with van der Waals surface area (Å²) in [6.45, 7) is 1.66. The Labute approximate surface area is 151 Å². The van der Waals surface area contributed by atoms with Crippen molar-refractivity contribution in [1.29, 1.82) is 0 Å². The number of aryl methyl sites for hydroxylation is 1. The van der Waals surface area contributed by atoms with E-state index in [9.17, 15) is 9.59 Å². The van der Waals surface area contributed by atoms with Gasteiger partial charge in [-0.1, -0.05) is 47.6 Å². The average molecular weight is 349 g/mol. The van der Waals surface area contributed by atoms with Crippen molar-refractivity contribution >= 4 is 17.6 Å². The molecule has 0 saturated heterocycles. The van der Waals surface area contributed by atoms with Gasteiger partial charge in [-0.3, -0.25) is 9.59 Å². The molecule has 2 amide bonds. The smallest absolute Gasteiger partial charge is 0.254 e. The van der Waals surface area contributed by atoms with E-state index in [2.05, 4.69) is 10.5 Å². The molecule has 0 spiro atoms. The summed E-state index contributed by atoms with van der Waals surface area (Å²) in [6, 6.07) is 18.9. The summed E-state index contributed by atoms with van der Waals surface area (Å²) >= 11 is 0. The van der Waals surface area contributed by atoms with E-state index in [1.54, 1.807) is 32.2 Å². The number of amides is 2. The first-order valence-electron chi connectivity index (χ1n) is 8.17. The van der Waals surface area contributed by atoms with Crippen molar-refractivity contribution in [1.82, 2.24) is 10.1 Å². The Hall–Kier alpha value is -3.41. The van der Waals surface area contributed by atoms with E-state index in [-0.39, 0.29) is 18.4 Å². The van der Waals surface area contributed by atoms with E-state index >= 15 is 0 Å². The lowest BCUT2D eigenvalue weighted by molar-refractivity contribution is -0.116. The lowest BCUT2D eigenvalue weighted by Gasteiger charge is -2.16. The molecular weight excluding hydrogens is 330 g/mol. The number of hydrogen-bond donors (Lipinski definition) is 1. The van der Waals surface area contributed by atoms with Crippen molar-refractivity contribution < 1.29 is 14.1 Å². The van der Waals surface area contributed by atoms with Gasteiger partial charge in [0.05, 0.1) is 6.54 Å². The van der Waals surface area contributed by atoms with Gasteiger partial charge in [-0.25, -0.2) is 0 Å². The fourth-order valence-corrected chi connectivity index (χ4v) is 2.55. The molecule has 6 heteroatoms. The quantitative estimate of drug-likeness (QED) is 0.766. The molecule has 0 aliphatic rings. The highest BCUT2D eigenvalue weighted by molar-refractivity contribution is 5.99. The molecule has 0 aliphatic carbocycles. The molecule has 2 aromatic carbocycles. The maximum Gasteiger partial charge on any atom is 0.254 e. The number of carbonyl (C=O) groups is 2. The topological polar surface area (TPSA) is 75.4 Å². The lowest BCUT2D eigenvalue weighted by atomic mass is 10.0. The van der Waals surface area contributed by atoms with E-state index in [4.69, 9.17) is 4.52 Å². The Morgan fingerprint density at radius 1 is 1.04 bits per heavy atom. The Morgan fingerprint density at radius 2 is 1.69 bits per heavy atom. The van der Waals surface area contributed by atoms with Crippen LogP contribution in [0.2, 0.25) is 0 Å². The van der Waals surface area contributed by atoms with Gasteiger partial charge in [-0.2, -0.15) is 0 Å². The van der Waals surface area contributed by atoms with E-state index in [0.717, 1.165) is 11.1 Å². The molecule has 0 aliphatic heterocycles. The van der Waals surface area contributed by atoms with Crippen LogP contribution >= 0.6 is 0 Å². The molecule has 26 heavy (non-hydrogen) atoms. The summed E-state index contributed by atoms with van der Waals surface area (Å²) < 4.78 is 4.89. The first kappa shape index (κ1) is 17.4. The highest BCUT2D eigenvalue weighted by atomic mass is 16.5. The van der Waals surface area contributed by atoms with Gasteiger partial charge in [0, 0.05) is 18.7 Å². The van der Waals surface area contributed by atoms with Crippen molar-refractivity contribution in [3.8, 4) is 11.1 Å². The molecule has 132 valence electrons. The predicted molar refractivity (Wildman–Crippen MR) is 98.7 cm³/mol. The van der Waals surface area contributed by atoms with Crippen LogP contribution in [0.4, 0.5) is 5.82 Å². The molecule has 0 saturated carbocycles. The molecule has 3 rings (SSSR count). The molecule has 1 N–H and O–H groups in total. The number of anilines is 1. The number of benzene rings is 2. The molecule has 0 fully saturated rings. The molecule has 6 nitrogen and oxygen atoms in total. The SMILES string of the molecule is Cc1cc(NC(=O)CN(C)C(=O)c2ccc(-c3ccccc3)cc2)no1. The van der Waals surface area contributed by atoms with Gasteiger partial charge in [0.15, 0.2) is 5.82 Å². The molecule has 0 atom stereocenters. The molecule has 1 heterocycles. The van der Waals surface area contributed by atoms with Crippen LogP contribution in [0.1, 0.15) is 16.1 Å².